The smallest absolute Gasteiger partial charge is 0.332 e. The Labute approximate surface area is 195 Å². The van der Waals surface area contributed by atoms with Crippen molar-refractivity contribution in [3.05, 3.63) is 68.4 Å². The van der Waals surface area contributed by atoms with Crippen LogP contribution in [-0.2, 0) is 17.9 Å². The van der Waals surface area contributed by atoms with E-state index in [0.717, 1.165) is 15.6 Å². The van der Waals surface area contributed by atoms with E-state index >= 15 is 0 Å². The van der Waals surface area contributed by atoms with Crippen molar-refractivity contribution in [3.8, 4) is 11.5 Å². The Balaban J connectivity index is 2.09. The minimum absolute atomic E-state index is 0.0442. The van der Waals surface area contributed by atoms with Gasteiger partial charge in [-0.25, -0.2) is 4.79 Å². The van der Waals surface area contributed by atoms with Gasteiger partial charge in [0.05, 0.1) is 31.7 Å². The van der Waals surface area contributed by atoms with Crippen LogP contribution in [0.5, 0.6) is 11.5 Å². The molecule has 0 aliphatic rings. The minimum atomic E-state index is -0.736. The summed E-state index contributed by atoms with van der Waals surface area (Å²) in [5, 5.41) is 3.06. The number of ether oxygens (including phenoxy) is 2. The Kier molecular flexibility index (Phi) is 7.40. The van der Waals surface area contributed by atoms with Crippen LogP contribution in [-0.4, -0.2) is 41.2 Å². The van der Waals surface area contributed by atoms with Crippen LogP contribution in [0, 0.1) is 0 Å². The first kappa shape index (κ1) is 24.6. The highest BCUT2D eigenvalue weighted by atomic mass is 16.5. The summed E-state index contributed by atoms with van der Waals surface area (Å²) in [5.41, 5.74) is 5.42. The summed E-state index contributed by atoms with van der Waals surface area (Å²) in [4.78, 5) is 50.5. The van der Waals surface area contributed by atoms with E-state index in [1.54, 1.807) is 24.3 Å². The Hall–Kier alpha value is -4.08. The van der Waals surface area contributed by atoms with Crippen LogP contribution >= 0.6 is 0 Å². The summed E-state index contributed by atoms with van der Waals surface area (Å²) < 4.78 is 12.7. The first-order valence-electron chi connectivity index (χ1n) is 10.8. The molecule has 34 heavy (non-hydrogen) atoms. The highest BCUT2D eigenvalue weighted by Gasteiger charge is 2.18. The van der Waals surface area contributed by atoms with Gasteiger partial charge in [-0.15, -0.1) is 0 Å². The molecule has 1 atom stereocenters. The van der Waals surface area contributed by atoms with Crippen molar-refractivity contribution in [1.82, 2.24) is 14.5 Å². The third kappa shape index (κ3) is 4.95. The van der Waals surface area contributed by atoms with Crippen molar-refractivity contribution in [2.24, 2.45) is 5.73 Å². The molecule has 10 nitrogen and oxygen atoms in total. The number of nitrogens with one attached hydrogen (secondary N) is 1. The number of rotatable bonds is 9. The molecule has 180 valence electrons. The van der Waals surface area contributed by atoms with E-state index in [1.165, 1.54) is 26.4 Å². The Bertz CT molecular complexity index is 1340. The first-order chi connectivity index (χ1) is 16.2. The second kappa shape index (κ2) is 10.2. The van der Waals surface area contributed by atoms with Gasteiger partial charge >= 0.3 is 5.69 Å². The van der Waals surface area contributed by atoms with Gasteiger partial charge in [0.2, 0.25) is 5.91 Å². The van der Waals surface area contributed by atoms with Gasteiger partial charge in [0.25, 0.3) is 11.5 Å². The van der Waals surface area contributed by atoms with Gasteiger partial charge in [-0.3, -0.25) is 23.5 Å². The molecule has 0 unspecified atom stereocenters. The van der Waals surface area contributed by atoms with Gasteiger partial charge in [0.15, 0.2) is 11.5 Å². The predicted molar refractivity (Wildman–Crippen MR) is 128 cm³/mol. The number of hydrogen-bond acceptors (Lipinski definition) is 6. The third-order valence-corrected chi connectivity index (χ3v) is 5.59. The van der Waals surface area contributed by atoms with Crippen LogP contribution in [0.1, 0.15) is 36.2 Å². The molecule has 3 rings (SSSR count). The van der Waals surface area contributed by atoms with E-state index < -0.39 is 23.7 Å². The maximum absolute atomic E-state index is 13.3. The van der Waals surface area contributed by atoms with E-state index in [4.69, 9.17) is 15.2 Å². The molecule has 2 amide bonds. The molecule has 1 aromatic heterocycles. The fourth-order valence-corrected chi connectivity index (χ4v) is 3.55. The standard InChI is InChI=1S/C24H28N4O6/c1-5-14(2)26-22(30)16-8-6-15(7-9-16)12-28-23(31)17-10-19(33-3)20(34-4)11-18(17)27(24(28)32)13-21(25)29/h6-11,14H,5,12-13H2,1-4H3,(H2,25,29)(H,26,30)/t14-/m0/s1. The van der Waals surface area contributed by atoms with Crippen LogP contribution < -0.4 is 31.8 Å². The number of primary amides is 1. The van der Waals surface area contributed by atoms with Crippen molar-refractivity contribution >= 4 is 22.7 Å². The molecule has 3 aromatic rings. The van der Waals surface area contributed by atoms with E-state index in [9.17, 15) is 19.2 Å². The largest absolute Gasteiger partial charge is 0.493 e. The third-order valence-electron chi connectivity index (χ3n) is 5.59. The molecule has 0 fully saturated rings. The molecule has 3 N–H and O–H groups in total. The van der Waals surface area contributed by atoms with E-state index in [0.29, 0.717) is 22.6 Å². The van der Waals surface area contributed by atoms with Crippen LogP contribution in [0.15, 0.2) is 46.0 Å². The van der Waals surface area contributed by atoms with E-state index in [1.807, 2.05) is 13.8 Å². The zero-order chi connectivity index (χ0) is 25.0. The topological polar surface area (TPSA) is 135 Å². The second-order valence-corrected chi connectivity index (χ2v) is 7.93. The summed E-state index contributed by atoms with van der Waals surface area (Å²) in [7, 11) is 2.86. The molecule has 0 radical (unpaired) electrons. The fourth-order valence-electron chi connectivity index (χ4n) is 3.55. The van der Waals surface area contributed by atoms with Gasteiger partial charge in [-0.05, 0) is 37.1 Å². The Morgan fingerprint density at radius 2 is 1.65 bits per heavy atom. The van der Waals surface area contributed by atoms with Gasteiger partial charge in [0.1, 0.15) is 6.54 Å². The van der Waals surface area contributed by atoms with Crippen molar-refractivity contribution in [3.63, 3.8) is 0 Å². The predicted octanol–water partition coefficient (Wildman–Crippen LogP) is 1.24. The molecule has 0 aliphatic heterocycles. The molecule has 1 heterocycles. The van der Waals surface area contributed by atoms with Gasteiger partial charge in [0, 0.05) is 17.7 Å². The molecular weight excluding hydrogens is 440 g/mol. The number of hydrogen-bond donors (Lipinski definition) is 2. The number of nitrogens with two attached hydrogens (primary N) is 1. The average Bonchev–Trinajstić information content (AvgIpc) is 2.83. The zero-order valence-corrected chi connectivity index (χ0v) is 19.6. The van der Waals surface area contributed by atoms with Crippen molar-refractivity contribution in [1.29, 1.82) is 0 Å². The number of carbonyl (C=O) groups is 2. The SMILES string of the molecule is CC[C@H](C)NC(=O)c1ccc(Cn2c(=O)c3cc(OC)c(OC)cc3n(CC(N)=O)c2=O)cc1. The van der Waals surface area contributed by atoms with Crippen LogP contribution in [0.2, 0.25) is 0 Å². The summed E-state index contributed by atoms with van der Waals surface area (Å²) in [6.07, 6.45) is 0.808. The highest BCUT2D eigenvalue weighted by molar-refractivity contribution is 5.94. The summed E-state index contributed by atoms with van der Waals surface area (Å²) in [6.45, 7) is 3.42. The maximum Gasteiger partial charge on any atom is 0.332 e. The molecule has 0 saturated heterocycles. The summed E-state index contributed by atoms with van der Waals surface area (Å²) in [5.74, 6) is -0.329. The number of methoxy groups -OCH3 is 2. The number of fused-ring (bicyclic) bond motifs is 1. The lowest BCUT2D eigenvalue weighted by molar-refractivity contribution is -0.118. The number of carbonyl (C=O) groups excluding carboxylic acids is 2. The van der Waals surface area contributed by atoms with Crippen molar-refractivity contribution < 1.29 is 19.1 Å². The van der Waals surface area contributed by atoms with Crippen LogP contribution in [0.3, 0.4) is 0 Å². The Morgan fingerprint density at radius 3 is 2.21 bits per heavy atom. The maximum atomic E-state index is 13.3. The number of nitrogens with zero attached hydrogens (tertiary/aromatic N) is 2. The summed E-state index contributed by atoms with van der Waals surface area (Å²) >= 11 is 0. The lowest BCUT2D eigenvalue weighted by Crippen LogP contribution is -2.42. The quantitative estimate of drug-likeness (QED) is 0.485. The first-order valence-corrected chi connectivity index (χ1v) is 10.8. The van der Waals surface area contributed by atoms with Gasteiger partial charge in [-0.2, -0.15) is 0 Å². The van der Waals surface area contributed by atoms with Crippen LogP contribution in [0.25, 0.3) is 10.9 Å². The molecule has 0 bridgehead atoms. The monoisotopic (exact) mass is 468 g/mol. The second-order valence-electron chi connectivity index (χ2n) is 7.93. The van der Waals surface area contributed by atoms with E-state index in [2.05, 4.69) is 5.32 Å². The zero-order valence-electron chi connectivity index (χ0n) is 19.6. The lowest BCUT2D eigenvalue weighted by Gasteiger charge is -2.16. The normalized spacial score (nSPS) is 11.8. The van der Waals surface area contributed by atoms with Gasteiger partial charge in [-0.1, -0.05) is 19.1 Å². The lowest BCUT2D eigenvalue weighted by atomic mass is 10.1. The van der Waals surface area contributed by atoms with E-state index in [-0.39, 0.29) is 29.4 Å². The van der Waals surface area contributed by atoms with Crippen molar-refractivity contribution in [2.45, 2.75) is 39.4 Å². The average molecular weight is 469 g/mol. The number of aromatic nitrogens is 2. The highest BCUT2D eigenvalue weighted by Crippen LogP contribution is 2.30. The number of amides is 2. The fraction of sp³-hybridized carbons (Fsp3) is 0.333. The van der Waals surface area contributed by atoms with Crippen LogP contribution in [0.4, 0.5) is 0 Å². The molecule has 0 aliphatic carbocycles. The minimum Gasteiger partial charge on any atom is -0.493 e. The number of benzene rings is 2. The molecular formula is C24H28N4O6. The molecule has 0 spiro atoms. The Morgan fingerprint density at radius 1 is 1.03 bits per heavy atom. The van der Waals surface area contributed by atoms with Crippen molar-refractivity contribution in [2.75, 3.05) is 14.2 Å². The molecule has 10 heteroatoms. The molecule has 0 saturated carbocycles. The van der Waals surface area contributed by atoms with Gasteiger partial charge < -0.3 is 20.5 Å². The summed E-state index contributed by atoms with van der Waals surface area (Å²) in [6, 6.07) is 9.59. The molecule has 2 aromatic carbocycles.